The Kier molecular flexibility index (Phi) is 1.24. The summed E-state index contributed by atoms with van der Waals surface area (Å²) in [7, 11) is 0.301. The lowest BCUT2D eigenvalue weighted by Crippen LogP contribution is -1.99. The highest BCUT2D eigenvalue weighted by Crippen LogP contribution is 2.32. The lowest BCUT2D eigenvalue weighted by molar-refractivity contribution is 0.541. The Hall–Kier alpha value is -0.825. The first kappa shape index (κ1) is 5.92. The maximum Gasteiger partial charge on any atom is 0.576 e. The quantitative estimate of drug-likeness (QED) is 0.526. The molecule has 0 bridgehead atoms. The van der Waals surface area contributed by atoms with Gasteiger partial charge in [0.2, 0.25) is 0 Å². The van der Waals surface area contributed by atoms with Crippen LogP contribution in [0.3, 0.4) is 0 Å². The van der Waals surface area contributed by atoms with Crippen molar-refractivity contribution in [3.05, 3.63) is 23.2 Å². The van der Waals surface area contributed by atoms with Crippen LogP contribution < -0.4 is 9.31 Å². The van der Waals surface area contributed by atoms with Crippen LogP contribution >= 0.6 is 11.6 Å². The van der Waals surface area contributed by atoms with Crippen LogP contribution in [0.2, 0.25) is 5.02 Å². The van der Waals surface area contributed by atoms with Gasteiger partial charge in [-0.15, -0.1) is 0 Å². The van der Waals surface area contributed by atoms with E-state index in [0.29, 0.717) is 12.7 Å². The van der Waals surface area contributed by atoms with E-state index >= 15 is 0 Å². The van der Waals surface area contributed by atoms with Gasteiger partial charge < -0.3 is 9.31 Å². The van der Waals surface area contributed by atoms with Crippen molar-refractivity contribution in [2.24, 2.45) is 0 Å². The van der Waals surface area contributed by atoms with E-state index < -0.39 is 0 Å². The maximum atomic E-state index is 5.69. The molecule has 4 heteroatoms. The second kappa shape index (κ2) is 2.09. The zero-order chi connectivity index (χ0) is 6.97. The van der Waals surface area contributed by atoms with E-state index in [1.807, 2.05) is 0 Å². The minimum absolute atomic E-state index is 0.301. The Morgan fingerprint density at radius 3 is 2.90 bits per heavy atom. The van der Waals surface area contributed by atoms with Crippen molar-refractivity contribution in [1.29, 1.82) is 0 Å². The molecule has 10 heavy (non-hydrogen) atoms. The highest BCUT2D eigenvalue weighted by atomic mass is 35.5. The molecule has 1 aromatic rings. The van der Waals surface area contributed by atoms with Crippen molar-refractivity contribution in [1.82, 2.24) is 0 Å². The Morgan fingerprint density at radius 2 is 2.00 bits per heavy atom. The zero-order valence-corrected chi connectivity index (χ0v) is 5.89. The molecule has 1 aliphatic heterocycles. The van der Waals surface area contributed by atoms with Gasteiger partial charge in [0.25, 0.3) is 0 Å². The summed E-state index contributed by atoms with van der Waals surface area (Å²) < 4.78 is 10.1. The lowest BCUT2D eigenvalue weighted by atomic mass is 10.3. The Morgan fingerprint density at radius 1 is 1.20 bits per heavy atom. The van der Waals surface area contributed by atoms with E-state index in [4.69, 9.17) is 20.9 Å². The molecule has 0 unspecified atom stereocenters. The number of halogens is 1. The lowest BCUT2D eigenvalue weighted by Gasteiger charge is -1.95. The first-order valence-electron chi connectivity index (χ1n) is 2.91. The average molecular weight is 154 g/mol. The fourth-order valence-corrected chi connectivity index (χ4v) is 1.03. The SMILES string of the molecule is Clc1ccc2c(c1)OBO2. The molecule has 0 aromatic heterocycles. The van der Waals surface area contributed by atoms with E-state index in [1.54, 1.807) is 18.2 Å². The first-order chi connectivity index (χ1) is 4.86. The highest BCUT2D eigenvalue weighted by Gasteiger charge is 2.14. The summed E-state index contributed by atoms with van der Waals surface area (Å²) in [5, 5.41) is 0.671. The third-order valence-electron chi connectivity index (χ3n) is 1.33. The second-order valence-corrected chi connectivity index (χ2v) is 2.43. The fourth-order valence-electron chi connectivity index (χ4n) is 0.870. The van der Waals surface area contributed by atoms with Crippen LogP contribution in [0.1, 0.15) is 0 Å². The molecule has 2 nitrogen and oxygen atoms in total. The van der Waals surface area contributed by atoms with Crippen molar-refractivity contribution < 1.29 is 9.31 Å². The number of benzene rings is 1. The predicted octanol–water partition coefficient (Wildman–Crippen LogP) is 1.38. The topological polar surface area (TPSA) is 18.5 Å². The Bertz CT molecular complexity index is 264. The van der Waals surface area contributed by atoms with E-state index in [2.05, 4.69) is 0 Å². The van der Waals surface area contributed by atoms with Gasteiger partial charge in [-0.2, -0.15) is 0 Å². The summed E-state index contributed by atoms with van der Waals surface area (Å²) >= 11 is 5.69. The summed E-state index contributed by atoms with van der Waals surface area (Å²) in [6, 6.07) is 5.31. The third-order valence-corrected chi connectivity index (χ3v) is 1.57. The summed E-state index contributed by atoms with van der Waals surface area (Å²) in [5.74, 6) is 1.50. The van der Waals surface area contributed by atoms with Crippen LogP contribution in [0, 0.1) is 0 Å². The summed E-state index contributed by atoms with van der Waals surface area (Å²) in [6.07, 6.45) is 0. The van der Waals surface area contributed by atoms with Gasteiger partial charge >= 0.3 is 7.69 Å². The molecule has 1 aliphatic rings. The minimum Gasteiger partial charge on any atom is -0.526 e. The van der Waals surface area contributed by atoms with E-state index in [1.165, 1.54) is 0 Å². The third kappa shape index (κ3) is 0.828. The molecule has 1 aromatic carbocycles. The van der Waals surface area contributed by atoms with Crippen molar-refractivity contribution in [3.63, 3.8) is 0 Å². The monoisotopic (exact) mass is 154 g/mol. The molecule has 0 atom stereocenters. The van der Waals surface area contributed by atoms with Crippen molar-refractivity contribution >= 4 is 19.3 Å². The normalized spacial score (nSPS) is 12.9. The molecule has 2 rings (SSSR count). The molecule has 0 N–H and O–H groups in total. The van der Waals surface area contributed by atoms with Crippen LogP contribution in [0.15, 0.2) is 18.2 Å². The van der Waals surface area contributed by atoms with Gasteiger partial charge in [0, 0.05) is 11.1 Å². The number of hydrogen-bond donors (Lipinski definition) is 0. The standard InChI is InChI=1S/C6H4BClO2/c8-4-1-2-5-6(3-4)10-7-9-5/h1-3,7H. The Balaban J connectivity index is 2.52. The van der Waals surface area contributed by atoms with Gasteiger partial charge in [-0.05, 0) is 12.1 Å². The van der Waals surface area contributed by atoms with Gasteiger partial charge in [-0.3, -0.25) is 0 Å². The van der Waals surface area contributed by atoms with Crippen LogP contribution in [-0.2, 0) is 0 Å². The second-order valence-electron chi connectivity index (χ2n) is 2.00. The number of fused-ring (bicyclic) bond motifs is 1. The molecule has 0 radical (unpaired) electrons. The summed E-state index contributed by atoms with van der Waals surface area (Å²) in [6.45, 7) is 0. The van der Waals surface area contributed by atoms with Gasteiger partial charge in [-0.25, -0.2) is 0 Å². The van der Waals surface area contributed by atoms with Crippen LogP contribution in [0.5, 0.6) is 11.5 Å². The van der Waals surface area contributed by atoms with E-state index in [0.717, 1.165) is 11.5 Å². The van der Waals surface area contributed by atoms with E-state index in [-0.39, 0.29) is 0 Å². The molecule has 0 saturated carbocycles. The molecule has 1 heterocycles. The van der Waals surface area contributed by atoms with Gasteiger partial charge in [0.05, 0.1) is 0 Å². The Labute approximate surface area is 64.0 Å². The minimum atomic E-state index is 0.301. The molecule has 0 spiro atoms. The molecule has 0 fully saturated rings. The molecular weight excluding hydrogens is 150 g/mol. The maximum absolute atomic E-state index is 5.69. The highest BCUT2D eigenvalue weighted by molar-refractivity contribution is 6.31. The number of rotatable bonds is 0. The zero-order valence-electron chi connectivity index (χ0n) is 5.13. The summed E-state index contributed by atoms with van der Waals surface area (Å²) in [4.78, 5) is 0. The van der Waals surface area contributed by atoms with Crippen LogP contribution in [0.25, 0.3) is 0 Å². The molecular formula is C6H4BClO2. The van der Waals surface area contributed by atoms with Crippen molar-refractivity contribution in [3.8, 4) is 11.5 Å². The van der Waals surface area contributed by atoms with E-state index in [9.17, 15) is 0 Å². The van der Waals surface area contributed by atoms with Crippen molar-refractivity contribution in [2.75, 3.05) is 0 Å². The smallest absolute Gasteiger partial charge is 0.526 e. The first-order valence-corrected chi connectivity index (χ1v) is 3.29. The molecule has 0 aliphatic carbocycles. The van der Waals surface area contributed by atoms with Crippen LogP contribution in [-0.4, -0.2) is 7.69 Å². The molecule has 50 valence electrons. The van der Waals surface area contributed by atoms with Crippen LogP contribution in [0.4, 0.5) is 0 Å². The fraction of sp³-hybridized carbons (Fsp3) is 0. The van der Waals surface area contributed by atoms with Gasteiger partial charge in [-0.1, -0.05) is 11.6 Å². The largest absolute Gasteiger partial charge is 0.576 e. The number of hydrogen-bond acceptors (Lipinski definition) is 2. The van der Waals surface area contributed by atoms with Gasteiger partial charge in [0.15, 0.2) is 0 Å². The summed E-state index contributed by atoms with van der Waals surface area (Å²) in [5.41, 5.74) is 0. The molecule has 0 amide bonds. The average Bonchev–Trinajstić information content (AvgIpc) is 2.33. The van der Waals surface area contributed by atoms with Crippen molar-refractivity contribution in [2.45, 2.75) is 0 Å². The van der Waals surface area contributed by atoms with Gasteiger partial charge in [0.1, 0.15) is 11.5 Å². The predicted molar refractivity (Wildman–Crippen MR) is 39.9 cm³/mol. The molecule has 0 saturated heterocycles.